The van der Waals surface area contributed by atoms with Crippen LogP contribution in [0.2, 0.25) is 0 Å². The molecule has 1 aliphatic carbocycles. The van der Waals surface area contributed by atoms with E-state index in [1.165, 1.54) is 0 Å². The second-order valence-corrected chi connectivity index (χ2v) is 8.55. The van der Waals surface area contributed by atoms with Crippen molar-refractivity contribution in [1.82, 2.24) is 4.57 Å². The molecule has 1 fully saturated rings. The SMILES string of the molecule is CCOC(=O)C1=C(N)Oc2cc(C)n(C3CC3)c(=O)c2C12C(=O)N(CC(=O)O)c1ccccc12. The summed E-state index contributed by atoms with van der Waals surface area (Å²) in [7, 11) is 0. The molecule has 10 heteroatoms. The number of esters is 1. The molecule has 10 nitrogen and oxygen atoms in total. The highest BCUT2D eigenvalue weighted by atomic mass is 16.5. The van der Waals surface area contributed by atoms with Gasteiger partial charge in [0, 0.05) is 29.1 Å². The maximum Gasteiger partial charge on any atom is 0.341 e. The zero-order chi connectivity index (χ0) is 24.4. The minimum Gasteiger partial charge on any atom is -0.480 e. The molecule has 1 atom stereocenters. The number of ether oxygens (including phenoxy) is 2. The highest BCUT2D eigenvalue weighted by Crippen LogP contribution is 2.55. The lowest BCUT2D eigenvalue weighted by Gasteiger charge is -2.36. The minimum absolute atomic E-state index is 0.00652. The van der Waals surface area contributed by atoms with Gasteiger partial charge in [0.1, 0.15) is 23.3 Å². The van der Waals surface area contributed by atoms with Gasteiger partial charge in [-0.15, -0.1) is 0 Å². The first-order chi connectivity index (χ1) is 16.2. The molecule has 5 rings (SSSR count). The normalized spacial score (nSPS) is 20.8. The van der Waals surface area contributed by atoms with Crippen molar-refractivity contribution in [2.75, 3.05) is 18.1 Å². The predicted molar refractivity (Wildman–Crippen MR) is 119 cm³/mol. The van der Waals surface area contributed by atoms with E-state index in [2.05, 4.69) is 0 Å². The van der Waals surface area contributed by atoms with Crippen LogP contribution in [0.1, 0.15) is 42.6 Å². The third kappa shape index (κ3) is 2.81. The average Bonchev–Trinajstić information content (AvgIpc) is 3.57. The standard InChI is InChI=1S/C24H23N3O7/c1-3-33-22(31)19-20(25)34-16-10-12(2)27(13-8-9-13)21(30)18(16)24(19)14-6-4-5-7-15(14)26(23(24)32)11-17(28)29/h4-7,10,13H,3,8-9,11,25H2,1-2H3,(H,28,29). The van der Waals surface area contributed by atoms with Crippen molar-refractivity contribution in [2.24, 2.45) is 5.73 Å². The summed E-state index contributed by atoms with van der Waals surface area (Å²) in [5.41, 5.74) is 4.53. The van der Waals surface area contributed by atoms with E-state index in [1.54, 1.807) is 48.7 Å². The van der Waals surface area contributed by atoms with Gasteiger partial charge in [0.05, 0.1) is 12.2 Å². The Hall–Kier alpha value is -4.08. The number of aryl methyl sites for hydroxylation is 1. The Kier molecular flexibility index (Phi) is 4.78. The van der Waals surface area contributed by atoms with Crippen LogP contribution in [0.5, 0.6) is 5.75 Å². The van der Waals surface area contributed by atoms with Crippen LogP contribution in [0, 0.1) is 6.92 Å². The molecule has 1 unspecified atom stereocenters. The van der Waals surface area contributed by atoms with E-state index in [-0.39, 0.29) is 46.7 Å². The monoisotopic (exact) mass is 465 g/mol. The lowest BCUT2D eigenvalue weighted by Crippen LogP contribution is -2.52. The highest BCUT2D eigenvalue weighted by molar-refractivity contribution is 6.19. The second kappa shape index (κ2) is 7.47. The summed E-state index contributed by atoms with van der Waals surface area (Å²) in [5.74, 6) is -3.24. The van der Waals surface area contributed by atoms with E-state index in [1.807, 2.05) is 0 Å². The van der Waals surface area contributed by atoms with E-state index in [4.69, 9.17) is 15.2 Å². The van der Waals surface area contributed by atoms with Crippen LogP contribution < -0.4 is 20.9 Å². The number of rotatable bonds is 5. The number of carbonyl (C=O) groups excluding carboxylic acids is 2. The number of amides is 1. The number of carboxylic acids is 1. The van der Waals surface area contributed by atoms with Gasteiger partial charge in [0.15, 0.2) is 0 Å². The summed E-state index contributed by atoms with van der Waals surface area (Å²) in [6.07, 6.45) is 1.62. The lowest BCUT2D eigenvalue weighted by atomic mass is 9.68. The number of para-hydroxylation sites is 1. The van der Waals surface area contributed by atoms with Crippen LogP contribution in [0.15, 0.2) is 46.6 Å². The number of hydrogen-bond acceptors (Lipinski definition) is 7. The first-order valence-electron chi connectivity index (χ1n) is 11.0. The molecule has 1 aromatic carbocycles. The second-order valence-electron chi connectivity index (χ2n) is 8.55. The van der Waals surface area contributed by atoms with Gasteiger partial charge in [-0.05, 0) is 32.8 Å². The molecular weight excluding hydrogens is 442 g/mol. The van der Waals surface area contributed by atoms with Gasteiger partial charge in [-0.2, -0.15) is 0 Å². The number of benzene rings is 1. The lowest BCUT2D eigenvalue weighted by molar-refractivity contribution is -0.141. The number of nitrogens with two attached hydrogens (primary N) is 1. The summed E-state index contributed by atoms with van der Waals surface area (Å²) >= 11 is 0. The fourth-order valence-electron chi connectivity index (χ4n) is 5.09. The predicted octanol–water partition coefficient (Wildman–Crippen LogP) is 1.33. The largest absolute Gasteiger partial charge is 0.480 e. The van der Waals surface area contributed by atoms with Gasteiger partial charge < -0.3 is 24.9 Å². The molecule has 3 N–H and O–H groups in total. The Balaban J connectivity index is 1.92. The van der Waals surface area contributed by atoms with E-state index in [9.17, 15) is 24.3 Å². The zero-order valence-corrected chi connectivity index (χ0v) is 18.7. The highest BCUT2D eigenvalue weighted by Gasteiger charge is 2.63. The van der Waals surface area contributed by atoms with Gasteiger partial charge in [0.2, 0.25) is 11.8 Å². The van der Waals surface area contributed by atoms with Gasteiger partial charge in [-0.1, -0.05) is 18.2 Å². The number of pyridine rings is 1. The molecule has 1 spiro atoms. The molecule has 1 aromatic heterocycles. The number of aliphatic carboxylic acids is 1. The Morgan fingerprint density at radius 1 is 1.26 bits per heavy atom. The third-order valence-electron chi connectivity index (χ3n) is 6.47. The Morgan fingerprint density at radius 3 is 2.62 bits per heavy atom. The fourth-order valence-corrected chi connectivity index (χ4v) is 5.09. The third-order valence-corrected chi connectivity index (χ3v) is 6.47. The number of aromatic nitrogens is 1. The molecule has 34 heavy (non-hydrogen) atoms. The molecule has 0 radical (unpaired) electrons. The molecule has 0 saturated heterocycles. The molecule has 1 amide bonds. The van der Waals surface area contributed by atoms with Crippen molar-refractivity contribution in [3.05, 3.63) is 69.0 Å². The molecule has 3 aliphatic rings. The van der Waals surface area contributed by atoms with Crippen LogP contribution in [0.3, 0.4) is 0 Å². The maximum absolute atomic E-state index is 14.2. The van der Waals surface area contributed by atoms with E-state index < -0.39 is 35.4 Å². The van der Waals surface area contributed by atoms with E-state index in [0.717, 1.165) is 17.7 Å². The quantitative estimate of drug-likeness (QED) is 0.630. The van der Waals surface area contributed by atoms with Crippen LogP contribution in [0.25, 0.3) is 0 Å². The molecule has 0 bridgehead atoms. The van der Waals surface area contributed by atoms with Crippen molar-refractivity contribution < 1.29 is 29.0 Å². The number of hydrogen-bond donors (Lipinski definition) is 2. The van der Waals surface area contributed by atoms with Gasteiger partial charge in [-0.3, -0.25) is 19.3 Å². The molecular formula is C24H23N3O7. The molecule has 3 heterocycles. The van der Waals surface area contributed by atoms with Crippen molar-refractivity contribution in [3.8, 4) is 5.75 Å². The van der Waals surface area contributed by atoms with Crippen molar-refractivity contribution >= 4 is 23.5 Å². The summed E-state index contributed by atoms with van der Waals surface area (Å²) in [5, 5.41) is 9.51. The molecule has 1 saturated carbocycles. The topological polar surface area (TPSA) is 141 Å². The Labute approximate surface area is 194 Å². The smallest absolute Gasteiger partial charge is 0.341 e. The van der Waals surface area contributed by atoms with Crippen LogP contribution in [0.4, 0.5) is 5.69 Å². The maximum atomic E-state index is 14.2. The zero-order valence-electron chi connectivity index (χ0n) is 18.7. The van der Waals surface area contributed by atoms with Crippen LogP contribution >= 0.6 is 0 Å². The Bertz CT molecular complexity index is 1350. The van der Waals surface area contributed by atoms with Crippen LogP contribution in [-0.4, -0.2) is 40.7 Å². The minimum atomic E-state index is -2.00. The first kappa shape index (κ1) is 21.7. The number of carboxylic acid groups (broad SMARTS) is 1. The number of nitrogens with zero attached hydrogens (tertiary/aromatic N) is 2. The van der Waals surface area contributed by atoms with Gasteiger partial charge in [-0.25, -0.2) is 4.79 Å². The van der Waals surface area contributed by atoms with Crippen molar-refractivity contribution in [2.45, 2.75) is 38.1 Å². The number of carbonyl (C=O) groups is 3. The molecule has 2 aliphatic heterocycles. The number of fused-ring (bicyclic) bond motifs is 4. The Morgan fingerprint density at radius 2 is 1.97 bits per heavy atom. The first-order valence-corrected chi connectivity index (χ1v) is 11.0. The fraction of sp³-hybridized carbons (Fsp3) is 0.333. The van der Waals surface area contributed by atoms with Crippen molar-refractivity contribution in [3.63, 3.8) is 0 Å². The molecule has 176 valence electrons. The van der Waals surface area contributed by atoms with Gasteiger partial charge in [0.25, 0.3) is 5.56 Å². The summed E-state index contributed by atoms with van der Waals surface area (Å²) in [6, 6.07) is 8.08. The summed E-state index contributed by atoms with van der Waals surface area (Å²) in [6.45, 7) is 2.70. The molecule has 2 aromatic rings. The summed E-state index contributed by atoms with van der Waals surface area (Å²) in [4.78, 5) is 54.1. The van der Waals surface area contributed by atoms with Crippen molar-refractivity contribution in [1.29, 1.82) is 0 Å². The van der Waals surface area contributed by atoms with E-state index in [0.29, 0.717) is 5.69 Å². The van der Waals surface area contributed by atoms with Crippen LogP contribution in [-0.2, 0) is 24.5 Å². The summed E-state index contributed by atoms with van der Waals surface area (Å²) < 4.78 is 12.6. The number of anilines is 1. The van der Waals surface area contributed by atoms with Gasteiger partial charge >= 0.3 is 11.9 Å². The average molecular weight is 465 g/mol. The van der Waals surface area contributed by atoms with E-state index >= 15 is 0 Å².